The molecular weight excluding hydrogens is 717 g/mol. The van der Waals surface area contributed by atoms with Crippen molar-refractivity contribution in [1.29, 1.82) is 0 Å². The summed E-state index contributed by atoms with van der Waals surface area (Å²) in [5, 5.41) is 33.2. The van der Waals surface area contributed by atoms with Gasteiger partial charge in [-0.3, -0.25) is 0 Å². The van der Waals surface area contributed by atoms with Crippen molar-refractivity contribution in [3.05, 3.63) is 141 Å². The van der Waals surface area contributed by atoms with E-state index in [1.807, 2.05) is 20.8 Å². The summed E-state index contributed by atoms with van der Waals surface area (Å²) in [5.74, 6) is -5.08. The van der Waals surface area contributed by atoms with Crippen molar-refractivity contribution in [3.63, 3.8) is 0 Å². The summed E-state index contributed by atoms with van der Waals surface area (Å²) in [6.07, 6.45) is 0. The summed E-state index contributed by atoms with van der Waals surface area (Å²) in [4.78, 5) is 40.5. The van der Waals surface area contributed by atoms with Gasteiger partial charge < -0.3 is 39.4 Å². The number of carbonyl (C=O) groups is 4. The Morgan fingerprint density at radius 1 is 0.500 bits per heavy atom. The smallest absolute Gasteiger partial charge is 0.329 e. The molecule has 0 amide bonds. The number of ether oxygens (including phenoxy) is 4. The van der Waals surface area contributed by atoms with E-state index in [-0.39, 0.29) is 57.1 Å². The maximum absolute atomic E-state index is 12.9. The van der Waals surface area contributed by atoms with Crippen molar-refractivity contribution < 1.29 is 71.7 Å². The van der Waals surface area contributed by atoms with Gasteiger partial charge in [0.2, 0.25) is 0 Å². The Morgan fingerprint density at radius 2 is 0.963 bits per heavy atom. The summed E-state index contributed by atoms with van der Waals surface area (Å²) in [6, 6.07) is 21.8. The number of aryl methyl sites for hydroxylation is 3. The van der Waals surface area contributed by atoms with Gasteiger partial charge in [-0.15, -0.1) is 0 Å². The van der Waals surface area contributed by atoms with Gasteiger partial charge in [0.05, 0.1) is 26.4 Å². The lowest BCUT2D eigenvalue weighted by atomic mass is 10.0. The average molecular weight is 761 g/mol. The second-order valence-electron chi connectivity index (χ2n) is 11.3. The van der Waals surface area contributed by atoms with Crippen LogP contribution < -0.4 is 0 Å². The SMILES string of the molecule is Cc1cc(C)c(COCC(=O)O)c(C)c1.O=C(O)COCc1ccc(F)cc1.O=C(O)COCc1cccc(F)c1.O=C(O)COCc1ccccc1F. The number of carboxylic acids is 4. The fraction of sp³-hybridized carbons (Fsp3) is 0.282. The maximum atomic E-state index is 12.9. The number of benzene rings is 4. The van der Waals surface area contributed by atoms with Crippen molar-refractivity contribution in [2.24, 2.45) is 0 Å². The molecule has 4 rings (SSSR count). The highest BCUT2D eigenvalue weighted by molar-refractivity contribution is 5.68. The number of rotatable bonds is 16. The Bertz CT molecular complexity index is 1740. The van der Waals surface area contributed by atoms with Crippen LogP contribution in [-0.4, -0.2) is 70.7 Å². The Kier molecular flexibility index (Phi) is 22.5. The highest BCUT2D eigenvalue weighted by Gasteiger charge is 2.06. The molecule has 0 radical (unpaired) electrons. The molecule has 54 heavy (non-hydrogen) atoms. The van der Waals surface area contributed by atoms with Crippen LogP contribution in [0.25, 0.3) is 0 Å². The van der Waals surface area contributed by atoms with Crippen LogP contribution >= 0.6 is 0 Å². The molecule has 0 bridgehead atoms. The number of hydrogen-bond donors (Lipinski definition) is 4. The standard InChI is InChI=1S/C12H16O3.3C9H9FO3/c1-8-4-9(2)11(10(3)5-8)6-15-7-12(13)14;10-8-3-1-7(2-4-8)5-13-6-9(11)12;10-8-3-1-2-7(4-8)5-13-6-9(11)12;10-8-4-2-1-3-7(8)5-13-6-9(11)12/h4-5H,6-7H2,1-3H3,(H,13,14);3*1-4H,5-6H2,(H,11,12). The zero-order chi connectivity index (χ0) is 40.5. The normalized spacial score (nSPS) is 10.0. The van der Waals surface area contributed by atoms with Crippen LogP contribution in [0, 0.1) is 38.2 Å². The first kappa shape index (κ1) is 46.4. The number of carboxylic acid groups (broad SMARTS) is 4. The zero-order valence-electron chi connectivity index (χ0n) is 29.9. The predicted molar refractivity (Wildman–Crippen MR) is 189 cm³/mol. The van der Waals surface area contributed by atoms with Crippen molar-refractivity contribution in [1.82, 2.24) is 0 Å². The molecule has 0 aliphatic rings. The molecule has 4 aromatic carbocycles. The molecule has 12 nitrogen and oxygen atoms in total. The Morgan fingerprint density at radius 3 is 1.44 bits per heavy atom. The Hall–Kier alpha value is -5.61. The van der Waals surface area contributed by atoms with E-state index in [1.54, 1.807) is 42.5 Å². The quantitative estimate of drug-likeness (QED) is 0.0974. The van der Waals surface area contributed by atoms with E-state index < -0.39 is 30.5 Å². The molecule has 15 heteroatoms. The van der Waals surface area contributed by atoms with Gasteiger partial charge in [0.25, 0.3) is 0 Å². The third kappa shape index (κ3) is 22.4. The van der Waals surface area contributed by atoms with Crippen LogP contribution in [0.4, 0.5) is 13.2 Å². The highest BCUT2D eigenvalue weighted by atomic mass is 19.1. The topological polar surface area (TPSA) is 186 Å². The first-order chi connectivity index (χ1) is 25.6. The molecule has 0 saturated carbocycles. The second kappa shape index (κ2) is 26.2. The number of hydrogen-bond acceptors (Lipinski definition) is 8. The van der Waals surface area contributed by atoms with E-state index in [0.717, 1.165) is 22.3 Å². The molecule has 0 fully saturated rings. The lowest BCUT2D eigenvalue weighted by Gasteiger charge is -2.10. The predicted octanol–water partition coefficient (Wildman–Crippen LogP) is 6.49. The zero-order valence-corrected chi connectivity index (χ0v) is 29.9. The van der Waals surface area contributed by atoms with Crippen LogP contribution in [0.2, 0.25) is 0 Å². The molecule has 0 aliphatic carbocycles. The van der Waals surface area contributed by atoms with Crippen LogP contribution in [0.3, 0.4) is 0 Å². The third-order valence-electron chi connectivity index (χ3n) is 6.54. The molecule has 292 valence electrons. The fourth-order valence-electron chi connectivity index (χ4n) is 4.26. The molecule has 0 heterocycles. The lowest BCUT2D eigenvalue weighted by molar-refractivity contribution is -0.143. The van der Waals surface area contributed by atoms with Gasteiger partial charge in [0.1, 0.15) is 43.9 Å². The van der Waals surface area contributed by atoms with Gasteiger partial charge in [0.15, 0.2) is 0 Å². The van der Waals surface area contributed by atoms with Crippen molar-refractivity contribution in [2.75, 3.05) is 26.4 Å². The monoisotopic (exact) mass is 760 g/mol. The van der Waals surface area contributed by atoms with Crippen molar-refractivity contribution in [3.8, 4) is 0 Å². The van der Waals surface area contributed by atoms with E-state index >= 15 is 0 Å². The van der Waals surface area contributed by atoms with Crippen molar-refractivity contribution in [2.45, 2.75) is 47.2 Å². The molecular formula is C39H43F3O12. The minimum absolute atomic E-state index is 0.0149. The summed E-state index contributed by atoms with van der Waals surface area (Å²) in [5.41, 5.74) is 6.34. The molecule has 0 aromatic heterocycles. The molecule has 0 saturated heterocycles. The van der Waals surface area contributed by atoms with E-state index in [4.69, 9.17) is 39.4 Å². The summed E-state index contributed by atoms with van der Waals surface area (Å²) in [7, 11) is 0. The van der Waals surface area contributed by atoms with Gasteiger partial charge in [0, 0.05) is 5.56 Å². The first-order valence-electron chi connectivity index (χ1n) is 16.0. The van der Waals surface area contributed by atoms with Crippen LogP contribution in [0.5, 0.6) is 0 Å². The van der Waals surface area contributed by atoms with Gasteiger partial charge in [-0.05, 0) is 78.9 Å². The Balaban J connectivity index is 0.000000361. The molecule has 0 atom stereocenters. The van der Waals surface area contributed by atoms with E-state index in [2.05, 4.69) is 12.1 Å². The Labute approximate surface area is 310 Å². The summed E-state index contributed by atoms with van der Waals surface area (Å²) < 4.78 is 57.2. The largest absolute Gasteiger partial charge is 0.480 e. The molecule has 0 unspecified atom stereocenters. The molecule has 0 spiro atoms. The number of halogens is 3. The van der Waals surface area contributed by atoms with Crippen molar-refractivity contribution >= 4 is 23.9 Å². The lowest BCUT2D eigenvalue weighted by Crippen LogP contribution is -2.08. The van der Waals surface area contributed by atoms with E-state index in [0.29, 0.717) is 17.7 Å². The fourth-order valence-corrected chi connectivity index (χ4v) is 4.26. The summed E-state index contributed by atoms with van der Waals surface area (Å²) >= 11 is 0. The first-order valence-corrected chi connectivity index (χ1v) is 16.0. The molecule has 4 N–H and O–H groups in total. The van der Waals surface area contributed by atoms with Gasteiger partial charge in [-0.2, -0.15) is 0 Å². The minimum atomic E-state index is -1.06. The van der Waals surface area contributed by atoms with E-state index in [9.17, 15) is 32.3 Å². The van der Waals surface area contributed by atoms with Gasteiger partial charge in [-0.1, -0.05) is 60.2 Å². The van der Waals surface area contributed by atoms with Gasteiger partial charge in [-0.25, -0.2) is 32.3 Å². The molecule has 0 aliphatic heterocycles. The minimum Gasteiger partial charge on any atom is -0.480 e. The van der Waals surface area contributed by atoms with Crippen LogP contribution in [0.15, 0.2) is 84.9 Å². The third-order valence-corrected chi connectivity index (χ3v) is 6.54. The average Bonchev–Trinajstić information content (AvgIpc) is 3.08. The highest BCUT2D eigenvalue weighted by Crippen LogP contribution is 2.17. The van der Waals surface area contributed by atoms with Crippen LogP contribution in [0.1, 0.15) is 38.9 Å². The summed E-state index contributed by atoms with van der Waals surface area (Å²) in [6.45, 7) is 5.37. The maximum Gasteiger partial charge on any atom is 0.329 e. The number of aliphatic carboxylic acids is 4. The van der Waals surface area contributed by atoms with Gasteiger partial charge >= 0.3 is 23.9 Å². The van der Waals surface area contributed by atoms with E-state index in [1.165, 1.54) is 35.9 Å². The second-order valence-corrected chi connectivity index (χ2v) is 11.3. The molecule has 4 aromatic rings. The van der Waals surface area contributed by atoms with Crippen LogP contribution in [-0.2, 0) is 64.6 Å².